The first-order valence-corrected chi connectivity index (χ1v) is 5.03. The number of likely N-dealkylation sites (N-methyl/N-ethyl adjacent to an activating group) is 1. The Bertz CT molecular complexity index is 195. The number of rotatable bonds is 7. The van der Waals surface area contributed by atoms with Crippen LogP contribution in [0.15, 0.2) is 0 Å². The average Bonchev–Trinajstić information content (AvgIpc) is 2.23. The Balaban J connectivity index is 3.89. The Morgan fingerprint density at radius 3 is 2.60 bits per heavy atom. The van der Waals surface area contributed by atoms with Gasteiger partial charge in [-0.15, -0.1) is 0 Å². The second kappa shape index (κ2) is 6.76. The largest absolute Gasteiger partial charge is 0.394 e. The molecule has 0 rings (SSSR count). The zero-order valence-electron chi connectivity index (χ0n) is 10.0. The first kappa shape index (κ1) is 14.3. The standard InChI is InChI=1S/C10H22N2O3/c1-10(2,8-13)12(3)9(14)7-11-5-6-15-4/h11,13H,5-8H2,1-4H3. The first-order chi connectivity index (χ1) is 6.95. The minimum absolute atomic E-state index is 0.0369. The van der Waals surface area contributed by atoms with Gasteiger partial charge in [-0.1, -0.05) is 0 Å². The predicted molar refractivity (Wildman–Crippen MR) is 58.7 cm³/mol. The van der Waals surface area contributed by atoms with E-state index in [-0.39, 0.29) is 19.1 Å². The van der Waals surface area contributed by atoms with E-state index in [1.807, 2.05) is 13.8 Å². The van der Waals surface area contributed by atoms with Gasteiger partial charge < -0.3 is 20.1 Å². The van der Waals surface area contributed by atoms with Crippen LogP contribution in [-0.4, -0.2) is 61.9 Å². The molecule has 0 saturated carbocycles. The Labute approximate surface area is 91.4 Å². The van der Waals surface area contributed by atoms with Crippen molar-refractivity contribution in [2.24, 2.45) is 0 Å². The zero-order valence-corrected chi connectivity index (χ0v) is 10.0. The van der Waals surface area contributed by atoms with Crippen molar-refractivity contribution in [3.05, 3.63) is 0 Å². The number of aliphatic hydroxyl groups excluding tert-OH is 1. The highest BCUT2D eigenvalue weighted by atomic mass is 16.5. The molecule has 90 valence electrons. The minimum Gasteiger partial charge on any atom is -0.394 e. The minimum atomic E-state index is -0.514. The monoisotopic (exact) mass is 218 g/mol. The van der Waals surface area contributed by atoms with Gasteiger partial charge in [-0.05, 0) is 13.8 Å². The lowest BCUT2D eigenvalue weighted by molar-refractivity contribution is -0.135. The highest BCUT2D eigenvalue weighted by molar-refractivity contribution is 5.78. The van der Waals surface area contributed by atoms with E-state index in [1.54, 1.807) is 19.1 Å². The van der Waals surface area contributed by atoms with E-state index in [4.69, 9.17) is 9.84 Å². The van der Waals surface area contributed by atoms with Gasteiger partial charge in [-0.3, -0.25) is 4.79 Å². The van der Waals surface area contributed by atoms with E-state index in [2.05, 4.69) is 5.32 Å². The summed E-state index contributed by atoms with van der Waals surface area (Å²) in [6.07, 6.45) is 0. The van der Waals surface area contributed by atoms with Gasteiger partial charge in [0.25, 0.3) is 0 Å². The number of methoxy groups -OCH3 is 1. The van der Waals surface area contributed by atoms with Gasteiger partial charge in [-0.25, -0.2) is 0 Å². The smallest absolute Gasteiger partial charge is 0.236 e. The van der Waals surface area contributed by atoms with E-state index in [0.717, 1.165) is 0 Å². The molecule has 5 heteroatoms. The van der Waals surface area contributed by atoms with Gasteiger partial charge in [0.1, 0.15) is 0 Å². The molecule has 0 heterocycles. The molecule has 0 aliphatic heterocycles. The summed E-state index contributed by atoms with van der Waals surface area (Å²) in [6.45, 7) is 5.09. The number of ether oxygens (including phenoxy) is 1. The van der Waals surface area contributed by atoms with Gasteiger partial charge >= 0.3 is 0 Å². The summed E-state index contributed by atoms with van der Waals surface area (Å²) >= 11 is 0. The summed E-state index contributed by atoms with van der Waals surface area (Å²) in [5.74, 6) is -0.0369. The SMILES string of the molecule is COCCNCC(=O)N(C)C(C)(C)CO. The van der Waals surface area contributed by atoms with Crippen molar-refractivity contribution in [1.29, 1.82) is 0 Å². The Morgan fingerprint density at radius 1 is 1.53 bits per heavy atom. The fraction of sp³-hybridized carbons (Fsp3) is 0.900. The molecule has 1 amide bonds. The van der Waals surface area contributed by atoms with E-state index in [9.17, 15) is 4.79 Å². The number of carbonyl (C=O) groups excluding carboxylic acids is 1. The lowest BCUT2D eigenvalue weighted by Crippen LogP contribution is -2.50. The van der Waals surface area contributed by atoms with Gasteiger partial charge in [0.15, 0.2) is 0 Å². The number of aliphatic hydroxyl groups is 1. The van der Waals surface area contributed by atoms with Crippen LogP contribution < -0.4 is 5.32 Å². The quantitative estimate of drug-likeness (QED) is 0.563. The van der Waals surface area contributed by atoms with Crippen molar-refractivity contribution in [1.82, 2.24) is 10.2 Å². The Morgan fingerprint density at radius 2 is 2.13 bits per heavy atom. The Hall–Kier alpha value is -0.650. The van der Waals surface area contributed by atoms with Crippen LogP contribution in [0.5, 0.6) is 0 Å². The average molecular weight is 218 g/mol. The van der Waals surface area contributed by atoms with E-state index in [0.29, 0.717) is 13.2 Å². The fourth-order valence-electron chi connectivity index (χ4n) is 0.932. The topological polar surface area (TPSA) is 61.8 Å². The summed E-state index contributed by atoms with van der Waals surface area (Å²) < 4.78 is 4.85. The van der Waals surface area contributed by atoms with Crippen LogP contribution in [0.3, 0.4) is 0 Å². The van der Waals surface area contributed by atoms with Gasteiger partial charge in [0.05, 0.1) is 25.3 Å². The molecule has 2 N–H and O–H groups in total. The molecule has 0 fully saturated rings. The predicted octanol–water partition coefficient (Wildman–Crippen LogP) is -0.548. The summed E-state index contributed by atoms with van der Waals surface area (Å²) in [7, 11) is 3.31. The third-order valence-electron chi connectivity index (χ3n) is 2.43. The van der Waals surface area contributed by atoms with Crippen LogP contribution in [-0.2, 0) is 9.53 Å². The van der Waals surface area contributed by atoms with Gasteiger partial charge in [-0.2, -0.15) is 0 Å². The molecule has 15 heavy (non-hydrogen) atoms. The maximum Gasteiger partial charge on any atom is 0.236 e. The molecular formula is C10H22N2O3. The Kier molecular flexibility index (Phi) is 6.47. The molecule has 0 aromatic rings. The van der Waals surface area contributed by atoms with E-state index < -0.39 is 5.54 Å². The summed E-state index contributed by atoms with van der Waals surface area (Å²) in [5.41, 5.74) is -0.514. The molecule has 0 aromatic heterocycles. The molecule has 0 aliphatic carbocycles. The second-order valence-electron chi connectivity index (χ2n) is 4.09. The molecule has 0 atom stereocenters. The third kappa shape index (κ3) is 5.11. The van der Waals surface area contributed by atoms with Gasteiger partial charge in [0, 0.05) is 20.7 Å². The maximum absolute atomic E-state index is 11.6. The maximum atomic E-state index is 11.6. The van der Waals surface area contributed by atoms with Crippen LogP contribution in [0.4, 0.5) is 0 Å². The van der Waals surface area contributed by atoms with Crippen LogP contribution in [0, 0.1) is 0 Å². The highest BCUT2D eigenvalue weighted by Gasteiger charge is 2.25. The molecule has 0 saturated heterocycles. The highest BCUT2D eigenvalue weighted by Crippen LogP contribution is 2.10. The van der Waals surface area contributed by atoms with Crippen LogP contribution >= 0.6 is 0 Å². The molecule has 0 radical (unpaired) electrons. The number of nitrogens with one attached hydrogen (secondary N) is 1. The molecule has 0 aromatic carbocycles. The van der Waals surface area contributed by atoms with Crippen molar-refractivity contribution < 1.29 is 14.6 Å². The third-order valence-corrected chi connectivity index (χ3v) is 2.43. The molecule has 0 unspecified atom stereocenters. The van der Waals surface area contributed by atoms with Crippen molar-refractivity contribution >= 4 is 5.91 Å². The summed E-state index contributed by atoms with van der Waals surface area (Å²) in [6, 6.07) is 0. The van der Waals surface area contributed by atoms with Crippen molar-refractivity contribution in [3.63, 3.8) is 0 Å². The second-order valence-corrected chi connectivity index (χ2v) is 4.09. The first-order valence-electron chi connectivity index (χ1n) is 5.03. The summed E-state index contributed by atoms with van der Waals surface area (Å²) in [4.78, 5) is 13.2. The number of hydrogen-bond acceptors (Lipinski definition) is 4. The number of hydrogen-bond donors (Lipinski definition) is 2. The fourth-order valence-corrected chi connectivity index (χ4v) is 0.932. The van der Waals surface area contributed by atoms with Gasteiger partial charge in [0.2, 0.25) is 5.91 Å². The van der Waals surface area contributed by atoms with Crippen LogP contribution in [0.2, 0.25) is 0 Å². The van der Waals surface area contributed by atoms with E-state index in [1.165, 1.54) is 0 Å². The molecule has 0 bridgehead atoms. The number of carbonyl (C=O) groups is 1. The molecular weight excluding hydrogens is 196 g/mol. The molecule has 5 nitrogen and oxygen atoms in total. The van der Waals surface area contributed by atoms with Crippen LogP contribution in [0.25, 0.3) is 0 Å². The lowest BCUT2D eigenvalue weighted by atomic mass is 10.1. The number of amides is 1. The molecule has 0 aliphatic rings. The normalized spacial score (nSPS) is 11.5. The van der Waals surface area contributed by atoms with Crippen molar-refractivity contribution in [2.45, 2.75) is 19.4 Å². The summed E-state index contributed by atoms with van der Waals surface area (Å²) in [5, 5.41) is 12.1. The van der Waals surface area contributed by atoms with Crippen LogP contribution in [0.1, 0.15) is 13.8 Å². The molecule has 0 spiro atoms. The number of nitrogens with zero attached hydrogens (tertiary/aromatic N) is 1. The lowest BCUT2D eigenvalue weighted by Gasteiger charge is -2.34. The zero-order chi connectivity index (χ0) is 11.9. The van der Waals surface area contributed by atoms with E-state index >= 15 is 0 Å². The van der Waals surface area contributed by atoms with Crippen molar-refractivity contribution in [2.75, 3.05) is 40.5 Å². The van der Waals surface area contributed by atoms with Crippen molar-refractivity contribution in [3.8, 4) is 0 Å².